The summed E-state index contributed by atoms with van der Waals surface area (Å²) in [6, 6.07) is 1.73. The molecule has 1 rings (SSSR count). The van der Waals surface area contributed by atoms with Gasteiger partial charge in [-0.2, -0.15) is 0 Å². The van der Waals surface area contributed by atoms with Crippen LogP contribution in [-0.2, 0) is 4.74 Å². The van der Waals surface area contributed by atoms with Crippen molar-refractivity contribution in [2.75, 3.05) is 13.7 Å². The lowest BCUT2D eigenvalue weighted by atomic mass is 10.1. The van der Waals surface area contributed by atoms with Gasteiger partial charge in [-0.3, -0.25) is 9.78 Å². The zero-order chi connectivity index (χ0) is 12.7. The van der Waals surface area contributed by atoms with Crippen molar-refractivity contribution in [3.63, 3.8) is 0 Å². The second-order valence-corrected chi connectivity index (χ2v) is 3.85. The molecule has 1 unspecified atom stereocenters. The van der Waals surface area contributed by atoms with Crippen molar-refractivity contribution in [2.24, 2.45) is 0 Å². The van der Waals surface area contributed by atoms with Crippen LogP contribution >= 0.6 is 0 Å². The maximum absolute atomic E-state index is 11.9. The van der Waals surface area contributed by atoms with Crippen LogP contribution in [0, 0.1) is 0 Å². The Kier molecular flexibility index (Phi) is 5.63. The molecule has 0 bridgehead atoms. The number of carbonyl (C=O) groups is 1. The van der Waals surface area contributed by atoms with Gasteiger partial charge in [0.05, 0.1) is 18.9 Å². The zero-order valence-electron chi connectivity index (χ0n) is 10.6. The molecule has 17 heavy (non-hydrogen) atoms. The number of carbonyl (C=O) groups excluding carboxylic acids is 1. The van der Waals surface area contributed by atoms with Gasteiger partial charge in [-0.1, -0.05) is 0 Å². The molecule has 0 aromatic carbocycles. The first-order valence-electron chi connectivity index (χ1n) is 5.81. The van der Waals surface area contributed by atoms with Crippen LogP contribution in [0.2, 0.25) is 0 Å². The van der Waals surface area contributed by atoms with E-state index < -0.39 is 0 Å². The molecule has 0 spiro atoms. The summed E-state index contributed by atoms with van der Waals surface area (Å²) in [5.74, 6) is 0.709. The summed E-state index contributed by atoms with van der Waals surface area (Å²) in [5, 5.41) is 0. The van der Waals surface area contributed by atoms with Gasteiger partial charge in [0.25, 0.3) is 0 Å². The Morgan fingerprint density at radius 3 is 2.88 bits per heavy atom. The molecule has 1 atom stereocenters. The first-order chi connectivity index (χ1) is 8.17. The lowest BCUT2D eigenvalue weighted by Crippen LogP contribution is -2.09. The lowest BCUT2D eigenvalue weighted by molar-refractivity contribution is 0.0877. The summed E-state index contributed by atoms with van der Waals surface area (Å²) in [6.07, 6.45) is 4.46. The molecule has 94 valence electrons. The number of nitrogens with zero attached hydrogens (tertiary/aromatic N) is 1. The van der Waals surface area contributed by atoms with Crippen LogP contribution in [0.1, 0.15) is 37.0 Å². The van der Waals surface area contributed by atoms with E-state index in [2.05, 4.69) is 4.98 Å². The monoisotopic (exact) mass is 237 g/mol. The third-order valence-corrected chi connectivity index (χ3v) is 2.53. The average molecular weight is 237 g/mol. The number of methoxy groups -OCH3 is 1. The van der Waals surface area contributed by atoms with Crippen molar-refractivity contribution in [3.8, 4) is 5.75 Å². The number of hydrogen-bond acceptors (Lipinski definition) is 4. The topological polar surface area (TPSA) is 48.4 Å². The van der Waals surface area contributed by atoms with E-state index in [9.17, 15) is 4.79 Å². The van der Waals surface area contributed by atoms with E-state index in [0.29, 0.717) is 30.8 Å². The van der Waals surface area contributed by atoms with Crippen LogP contribution in [0.15, 0.2) is 18.5 Å². The normalized spacial score (nSPS) is 12.2. The molecule has 1 aromatic rings. The first kappa shape index (κ1) is 13.6. The number of aromatic nitrogens is 1. The van der Waals surface area contributed by atoms with E-state index in [4.69, 9.17) is 9.47 Å². The Morgan fingerprint density at radius 1 is 1.47 bits per heavy atom. The van der Waals surface area contributed by atoms with Gasteiger partial charge >= 0.3 is 0 Å². The quantitative estimate of drug-likeness (QED) is 0.683. The van der Waals surface area contributed by atoms with Gasteiger partial charge in [0.1, 0.15) is 5.75 Å². The van der Waals surface area contributed by atoms with Gasteiger partial charge in [0.15, 0.2) is 5.78 Å². The summed E-state index contributed by atoms with van der Waals surface area (Å²) in [5.41, 5.74) is 0.597. The van der Waals surface area contributed by atoms with Crippen molar-refractivity contribution in [1.82, 2.24) is 4.98 Å². The van der Waals surface area contributed by atoms with E-state index in [1.165, 1.54) is 0 Å². The predicted molar refractivity (Wildman–Crippen MR) is 65.4 cm³/mol. The molecule has 0 saturated carbocycles. The number of Topliss-reactive ketones (excluding diaryl/α,β-unsaturated/α-hetero) is 1. The van der Waals surface area contributed by atoms with Crippen LogP contribution in [0.3, 0.4) is 0 Å². The standard InChI is InChI=1S/C13H19NO3/c1-4-17-12-7-11(8-14-9-12)13(15)6-5-10(2)16-3/h7-10H,4-6H2,1-3H3. The molecule has 0 aliphatic carbocycles. The highest BCUT2D eigenvalue weighted by Gasteiger charge is 2.09. The molecule has 4 heteroatoms. The largest absolute Gasteiger partial charge is 0.492 e. The third kappa shape index (κ3) is 4.53. The fourth-order valence-electron chi connectivity index (χ4n) is 1.41. The molecule has 1 heterocycles. The summed E-state index contributed by atoms with van der Waals surface area (Å²) < 4.78 is 10.4. The predicted octanol–water partition coefficient (Wildman–Crippen LogP) is 2.48. The van der Waals surface area contributed by atoms with Gasteiger partial charge < -0.3 is 9.47 Å². The van der Waals surface area contributed by atoms with Crippen molar-refractivity contribution in [1.29, 1.82) is 0 Å². The second-order valence-electron chi connectivity index (χ2n) is 3.85. The van der Waals surface area contributed by atoms with Gasteiger partial charge in [-0.05, 0) is 26.3 Å². The minimum Gasteiger partial charge on any atom is -0.492 e. The van der Waals surface area contributed by atoms with E-state index >= 15 is 0 Å². The molecule has 0 aliphatic heterocycles. The number of ether oxygens (including phenoxy) is 2. The Bertz CT molecular complexity index is 365. The fraction of sp³-hybridized carbons (Fsp3) is 0.538. The van der Waals surface area contributed by atoms with Gasteiger partial charge in [0.2, 0.25) is 0 Å². The molecule has 4 nitrogen and oxygen atoms in total. The van der Waals surface area contributed by atoms with E-state index in [0.717, 1.165) is 0 Å². The van der Waals surface area contributed by atoms with Gasteiger partial charge in [-0.25, -0.2) is 0 Å². The van der Waals surface area contributed by atoms with E-state index in [-0.39, 0.29) is 11.9 Å². The van der Waals surface area contributed by atoms with Crippen molar-refractivity contribution >= 4 is 5.78 Å². The Labute approximate surface area is 102 Å². The van der Waals surface area contributed by atoms with Crippen molar-refractivity contribution in [2.45, 2.75) is 32.8 Å². The number of rotatable bonds is 7. The minimum atomic E-state index is 0.0722. The number of pyridine rings is 1. The molecule has 0 fully saturated rings. The SMILES string of the molecule is CCOc1cncc(C(=O)CCC(C)OC)c1. The lowest BCUT2D eigenvalue weighted by Gasteiger charge is -2.08. The van der Waals surface area contributed by atoms with E-state index in [1.807, 2.05) is 13.8 Å². The molecule has 0 amide bonds. The van der Waals surface area contributed by atoms with Crippen molar-refractivity contribution in [3.05, 3.63) is 24.0 Å². The minimum absolute atomic E-state index is 0.0722. The van der Waals surface area contributed by atoms with Crippen LogP contribution in [0.5, 0.6) is 5.75 Å². The molecule has 0 radical (unpaired) electrons. The Morgan fingerprint density at radius 2 is 2.24 bits per heavy atom. The highest BCUT2D eigenvalue weighted by molar-refractivity contribution is 5.96. The highest BCUT2D eigenvalue weighted by atomic mass is 16.5. The maximum atomic E-state index is 11.9. The van der Waals surface area contributed by atoms with Crippen molar-refractivity contribution < 1.29 is 14.3 Å². The second kappa shape index (κ2) is 7.01. The fourth-order valence-corrected chi connectivity index (χ4v) is 1.41. The maximum Gasteiger partial charge on any atom is 0.164 e. The molecular formula is C13H19NO3. The number of ketones is 1. The highest BCUT2D eigenvalue weighted by Crippen LogP contribution is 2.14. The van der Waals surface area contributed by atoms with Crippen LogP contribution in [0.25, 0.3) is 0 Å². The Hall–Kier alpha value is -1.42. The molecule has 0 N–H and O–H groups in total. The molecule has 1 aromatic heterocycles. The molecule has 0 saturated heterocycles. The first-order valence-corrected chi connectivity index (χ1v) is 5.81. The number of hydrogen-bond donors (Lipinski definition) is 0. The van der Waals surface area contributed by atoms with Gasteiger partial charge in [-0.15, -0.1) is 0 Å². The summed E-state index contributed by atoms with van der Waals surface area (Å²) in [7, 11) is 1.65. The van der Waals surface area contributed by atoms with Crippen LogP contribution < -0.4 is 4.74 Å². The zero-order valence-corrected chi connectivity index (χ0v) is 10.6. The van der Waals surface area contributed by atoms with Crippen LogP contribution in [-0.4, -0.2) is 30.6 Å². The smallest absolute Gasteiger partial charge is 0.164 e. The summed E-state index contributed by atoms with van der Waals surface area (Å²) >= 11 is 0. The van der Waals surface area contributed by atoms with Crippen LogP contribution in [0.4, 0.5) is 0 Å². The third-order valence-electron chi connectivity index (χ3n) is 2.53. The van der Waals surface area contributed by atoms with E-state index in [1.54, 1.807) is 25.6 Å². The van der Waals surface area contributed by atoms with Gasteiger partial charge in [0, 0.05) is 25.3 Å². The molecule has 0 aliphatic rings. The molecular weight excluding hydrogens is 218 g/mol. The average Bonchev–Trinajstić information content (AvgIpc) is 2.36. The summed E-state index contributed by atoms with van der Waals surface area (Å²) in [6.45, 7) is 4.41. The summed E-state index contributed by atoms with van der Waals surface area (Å²) in [4.78, 5) is 15.9. The Balaban J connectivity index is 2.59.